The van der Waals surface area contributed by atoms with Crippen LogP contribution in [-0.4, -0.2) is 42.0 Å². The van der Waals surface area contributed by atoms with Crippen LogP contribution in [0.4, 0.5) is 0 Å². The molecular formula is C13H19N3O. The van der Waals surface area contributed by atoms with Gasteiger partial charge in [-0.25, -0.2) is 0 Å². The summed E-state index contributed by atoms with van der Waals surface area (Å²) >= 11 is 0. The largest absolute Gasteiger partial charge is 0.352 e. The van der Waals surface area contributed by atoms with Gasteiger partial charge in [0.25, 0.3) is 0 Å². The fourth-order valence-corrected chi connectivity index (χ4v) is 2.13. The third-order valence-electron chi connectivity index (χ3n) is 3.09. The lowest BCUT2D eigenvalue weighted by atomic mass is 10.2. The Hall–Kier alpha value is -1.42. The first-order chi connectivity index (χ1) is 8.24. The van der Waals surface area contributed by atoms with Gasteiger partial charge in [0.15, 0.2) is 0 Å². The Kier molecular flexibility index (Phi) is 4.09. The van der Waals surface area contributed by atoms with Crippen LogP contribution in [0.3, 0.4) is 0 Å². The zero-order valence-corrected chi connectivity index (χ0v) is 10.2. The summed E-state index contributed by atoms with van der Waals surface area (Å²) < 4.78 is 0. The van der Waals surface area contributed by atoms with E-state index in [-0.39, 0.29) is 5.91 Å². The standard InChI is InChI=1S/C13H19N3O/c1-16(10-12-5-6-13(17)15-12)9-7-11-4-2-3-8-14-11/h2-4,8,12H,5-7,9-10H2,1H3,(H,15,17)/t12-/m1/s1. The van der Waals surface area contributed by atoms with Gasteiger partial charge in [0, 0.05) is 43.9 Å². The molecular weight excluding hydrogens is 214 g/mol. The fraction of sp³-hybridized carbons (Fsp3) is 0.538. The van der Waals surface area contributed by atoms with E-state index in [1.54, 1.807) is 0 Å². The van der Waals surface area contributed by atoms with Gasteiger partial charge in [-0.2, -0.15) is 0 Å². The molecule has 0 saturated carbocycles. The molecule has 1 aliphatic heterocycles. The molecule has 0 spiro atoms. The topological polar surface area (TPSA) is 45.2 Å². The first-order valence-electron chi connectivity index (χ1n) is 6.12. The van der Waals surface area contributed by atoms with Gasteiger partial charge in [0.2, 0.25) is 5.91 Å². The number of likely N-dealkylation sites (N-methyl/N-ethyl adjacent to an activating group) is 1. The van der Waals surface area contributed by atoms with Crippen LogP contribution >= 0.6 is 0 Å². The van der Waals surface area contributed by atoms with E-state index >= 15 is 0 Å². The Morgan fingerprint density at radius 1 is 1.53 bits per heavy atom. The summed E-state index contributed by atoms with van der Waals surface area (Å²) in [5, 5.41) is 2.99. The molecule has 1 saturated heterocycles. The number of aromatic nitrogens is 1. The Labute approximate surface area is 102 Å². The fourth-order valence-electron chi connectivity index (χ4n) is 2.13. The van der Waals surface area contributed by atoms with E-state index in [4.69, 9.17) is 0 Å². The van der Waals surface area contributed by atoms with Crippen LogP contribution in [0.1, 0.15) is 18.5 Å². The summed E-state index contributed by atoms with van der Waals surface area (Å²) in [5.74, 6) is 0.188. The molecule has 17 heavy (non-hydrogen) atoms. The molecule has 1 aromatic heterocycles. The number of nitrogens with zero attached hydrogens (tertiary/aromatic N) is 2. The average Bonchev–Trinajstić information content (AvgIpc) is 2.73. The number of pyridine rings is 1. The van der Waals surface area contributed by atoms with Crippen molar-refractivity contribution in [2.75, 3.05) is 20.1 Å². The Balaban J connectivity index is 1.71. The minimum atomic E-state index is 0.188. The normalized spacial score (nSPS) is 19.6. The lowest BCUT2D eigenvalue weighted by molar-refractivity contribution is -0.119. The lowest BCUT2D eigenvalue weighted by Gasteiger charge is -2.20. The van der Waals surface area contributed by atoms with Crippen molar-refractivity contribution in [3.05, 3.63) is 30.1 Å². The zero-order valence-electron chi connectivity index (χ0n) is 10.2. The van der Waals surface area contributed by atoms with Crippen molar-refractivity contribution in [3.63, 3.8) is 0 Å². The highest BCUT2D eigenvalue weighted by atomic mass is 16.1. The Morgan fingerprint density at radius 2 is 2.41 bits per heavy atom. The van der Waals surface area contributed by atoms with E-state index in [2.05, 4.69) is 22.2 Å². The third-order valence-corrected chi connectivity index (χ3v) is 3.09. The van der Waals surface area contributed by atoms with Gasteiger partial charge in [0.05, 0.1) is 0 Å². The SMILES string of the molecule is CN(CCc1ccccn1)C[C@H]1CCC(=O)N1. The predicted molar refractivity (Wildman–Crippen MR) is 66.6 cm³/mol. The number of rotatable bonds is 5. The van der Waals surface area contributed by atoms with E-state index in [1.165, 1.54) is 0 Å². The number of amides is 1. The van der Waals surface area contributed by atoms with Crippen molar-refractivity contribution in [1.82, 2.24) is 15.2 Å². The first kappa shape index (κ1) is 12.0. The minimum absolute atomic E-state index is 0.188. The second kappa shape index (κ2) is 5.77. The molecule has 1 fully saturated rings. The van der Waals surface area contributed by atoms with Crippen molar-refractivity contribution in [2.45, 2.75) is 25.3 Å². The second-order valence-electron chi connectivity index (χ2n) is 4.64. The number of nitrogens with one attached hydrogen (secondary N) is 1. The average molecular weight is 233 g/mol. The summed E-state index contributed by atoms with van der Waals surface area (Å²) in [7, 11) is 2.09. The number of hydrogen-bond donors (Lipinski definition) is 1. The monoisotopic (exact) mass is 233 g/mol. The lowest BCUT2D eigenvalue weighted by Crippen LogP contribution is -2.37. The van der Waals surface area contributed by atoms with Gasteiger partial charge in [0.1, 0.15) is 0 Å². The Bertz CT molecular complexity index is 366. The molecule has 4 nitrogen and oxygen atoms in total. The molecule has 0 aromatic carbocycles. The molecule has 1 aromatic rings. The molecule has 92 valence electrons. The predicted octanol–water partition coefficient (Wildman–Crippen LogP) is 0.834. The highest BCUT2D eigenvalue weighted by Crippen LogP contribution is 2.07. The van der Waals surface area contributed by atoms with Gasteiger partial charge in [-0.1, -0.05) is 6.07 Å². The summed E-state index contributed by atoms with van der Waals surface area (Å²) in [6.07, 6.45) is 4.43. The van der Waals surface area contributed by atoms with E-state index in [1.807, 2.05) is 24.4 Å². The summed E-state index contributed by atoms with van der Waals surface area (Å²) in [4.78, 5) is 17.6. The number of hydrogen-bond acceptors (Lipinski definition) is 3. The Morgan fingerprint density at radius 3 is 3.06 bits per heavy atom. The molecule has 0 bridgehead atoms. The highest BCUT2D eigenvalue weighted by molar-refractivity contribution is 5.78. The molecule has 1 N–H and O–H groups in total. The molecule has 1 amide bonds. The van der Waals surface area contributed by atoms with Crippen molar-refractivity contribution in [2.24, 2.45) is 0 Å². The maximum Gasteiger partial charge on any atom is 0.220 e. The molecule has 0 aliphatic carbocycles. The van der Waals surface area contributed by atoms with E-state index < -0.39 is 0 Å². The van der Waals surface area contributed by atoms with Crippen molar-refractivity contribution in [1.29, 1.82) is 0 Å². The van der Waals surface area contributed by atoms with Gasteiger partial charge < -0.3 is 10.2 Å². The second-order valence-corrected chi connectivity index (χ2v) is 4.64. The van der Waals surface area contributed by atoms with Crippen LogP contribution in [0.5, 0.6) is 0 Å². The van der Waals surface area contributed by atoms with Crippen LogP contribution in [0.15, 0.2) is 24.4 Å². The van der Waals surface area contributed by atoms with E-state index in [0.717, 1.165) is 31.6 Å². The van der Waals surface area contributed by atoms with E-state index in [0.29, 0.717) is 12.5 Å². The zero-order chi connectivity index (χ0) is 12.1. The maximum atomic E-state index is 11.1. The van der Waals surface area contributed by atoms with Gasteiger partial charge in [-0.15, -0.1) is 0 Å². The van der Waals surface area contributed by atoms with Crippen LogP contribution in [0.2, 0.25) is 0 Å². The summed E-state index contributed by atoms with van der Waals surface area (Å²) in [6, 6.07) is 6.32. The molecule has 4 heteroatoms. The van der Waals surface area contributed by atoms with Crippen LogP contribution in [0, 0.1) is 0 Å². The van der Waals surface area contributed by atoms with Crippen LogP contribution in [0.25, 0.3) is 0 Å². The van der Waals surface area contributed by atoms with Crippen LogP contribution < -0.4 is 5.32 Å². The van der Waals surface area contributed by atoms with Crippen molar-refractivity contribution in [3.8, 4) is 0 Å². The summed E-state index contributed by atoms with van der Waals surface area (Å²) in [5.41, 5.74) is 1.12. The highest BCUT2D eigenvalue weighted by Gasteiger charge is 2.21. The minimum Gasteiger partial charge on any atom is -0.352 e. The first-order valence-corrected chi connectivity index (χ1v) is 6.12. The molecule has 1 aliphatic rings. The maximum absolute atomic E-state index is 11.1. The van der Waals surface area contributed by atoms with Crippen LogP contribution in [-0.2, 0) is 11.2 Å². The molecule has 0 radical (unpaired) electrons. The summed E-state index contributed by atoms with van der Waals surface area (Å²) in [6.45, 7) is 1.90. The molecule has 0 unspecified atom stereocenters. The molecule has 2 heterocycles. The molecule has 2 rings (SSSR count). The van der Waals surface area contributed by atoms with Gasteiger partial charge in [-0.3, -0.25) is 9.78 Å². The number of carbonyl (C=O) groups is 1. The van der Waals surface area contributed by atoms with Crippen molar-refractivity contribution >= 4 is 5.91 Å². The molecule has 1 atom stereocenters. The smallest absolute Gasteiger partial charge is 0.220 e. The third kappa shape index (κ3) is 3.82. The van der Waals surface area contributed by atoms with E-state index in [9.17, 15) is 4.79 Å². The quantitative estimate of drug-likeness (QED) is 0.819. The van der Waals surface area contributed by atoms with Crippen molar-refractivity contribution < 1.29 is 4.79 Å². The van der Waals surface area contributed by atoms with Gasteiger partial charge >= 0.3 is 0 Å². The van der Waals surface area contributed by atoms with Gasteiger partial charge in [-0.05, 0) is 25.6 Å². The number of carbonyl (C=O) groups excluding carboxylic acids is 1.